The molecule has 2 atom stereocenters. The molecule has 18 heavy (non-hydrogen) atoms. The van der Waals surface area contributed by atoms with Crippen molar-refractivity contribution in [2.45, 2.75) is 18.6 Å². The molecule has 0 aromatic rings. The van der Waals surface area contributed by atoms with E-state index in [0.29, 0.717) is 6.42 Å². The summed E-state index contributed by atoms with van der Waals surface area (Å²) in [5.41, 5.74) is 0. The Balaban J connectivity index is 1.83. The number of nitrogens with zero attached hydrogens (tertiary/aromatic N) is 3. The Morgan fingerprint density at radius 3 is 2.61 bits per heavy atom. The minimum atomic E-state index is -0.914. The maximum absolute atomic E-state index is 13.3. The number of carbonyl (C=O) groups excluding carboxylic acids is 1. The number of likely N-dealkylation sites (tertiary alicyclic amines) is 1. The van der Waals surface area contributed by atoms with E-state index in [4.69, 9.17) is 0 Å². The average Bonchev–Trinajstić information content (AvgIpc) is 2.70. The molecule has 0 spiro atoms. The van der Waals surface area contributed by atoms with E-state index < -0.39 is 6.17 Å². The van der Waals surface area contributed by atoms with Crippen LogP contribution in [0.25, 0.3) is 0 Å². The minimum Gasteiger partial charge on any atom is -0.395 e. The molecule has 2 aliphatic heterocycles. The number of hydrogen-bond acceptors (Lipinski definition) is 4. The third kappa shape index (κ3) is 3.18. The van der Waals surface area contributed by atoms with Crippen molar-refractivity contribution in [3.8, 4) is 0 Å². The summed E-state index contributed by atoms with van der Waals surface area (Å²) in [6.07, 6.45) is -0.575. The second-order valence-electron chi connectivity index (χ2n) is 5.28. The van der Waals surface area contributed by atoms with E-state index in [2.05, 4.69) is 4.90 Å². The first-order chi connectivity index (χ1) is 8.60. The molecule has 0 radical (unpaired) electrons. The van der Waals surface area contributed by atoms with E-state index in [1.165, 1.54) is 0 Å². The van der Waals surface area contributed by atoms with Crippen LogP contribution in [-0.4, -0.2) is 90.9 Å². The quantitative estimate of drug-likeness (QED) is 0.718. The number of halogens is 1. The molecule has 2 fully saturated rings. The molecule has 0 aliphatic carbocycles. The Morgan fingerprint density at radius 2 is 2.00 bits per heavy atom. The Hall–Kier alpha value is -0.720. The van der Waals surface area contributed by atoms with Crippen LogP contribution in [-0.2, 0) is 4.79 Å². The first-order valence-electron chi connectivity index (χ1n) is 6.55. The van der Waals surface area contributed by atoms with Gasteiger partial charge in [0.15, 0.2) is 0 Å². The van der Waals surface area contributed by atoms with Crippen molar-refractivity contribution < 1.29 is 14.3 Å². The third-order valence-corrected chi connectivity index (χ3v) is 3.88. The number of rotatable bonds is 3. The molecule has 2 heterocycles. The molecule has 2 aliphatic rings. The first kappa shape index (κ1) is 13.7. The zero-order valence-corrected chi connectivity index (χ0v) is 10.9. The summed E-state index contributed by atoms with van der Waals surface area (Å²) < 4.78 is 13.3. The van der Waals surface area contributed by atoms with Crippen LogP contribution in [0, 0.1) is 0 Å². The predicted molar refractivity (Wildman–Crippen MR) is 66.0 cm³/mol. The normalized spacial score (nSPS) is 30.9. The summed E-state index contributed by atoms with van der Waals surface area (Å²) in [6, 6.07) is -0.198. The van der Waals surface area contributed by atoms with Crippen LogP contribution in [0.4, 0.5) is 4.39 Å². The van der Waals surface area contributed by atoms with Gasteiger partial charge in [0.2, 0.25) is 5.91 Å². The van der Waals surface area contributed by atoms with Crippen molar-refractivity contribution in [3.05, 3.63) is 0 Å². The smallest absolute Gasteiger partial charge is 0.236 e. The summed E-state index contributed by atoms with van der Waals surface area (Å²) in [4.78, 5) is 17.9. The molecule has 1 amide bonds. The molecule has 0 aromatic carbocycles. The first-order valence-corrected chi connectivity index (χ1v) is 6.55. The van der Waals surface area contributed by atoms with Gasteiger partial charge in [0.05, 0.1) is 13.2 Å². The van der Waals surface area contributed by atoms with Gasteiger partial charge in [-0.25, -0.2) is 4.39 Å². The molecule has 104 valence electrons. The molecule has 0 bridgehead atoms. The number of carbonyl (C=O) groups is 1. The largest absolute Gasteiger partial charge is 0.395 e. The Kier molecular flexibility index (Phi) is 4.53. The van der Waals surface area contributed by atoms with Crippen molar-refractivity contribution in [3.63, 3.8) is 0 Å². The summed E-state index contributed by atoms with van der Waals surface area (Å²) in [7, 11) is 2.04. The predicted octanol–water partition coefficient (Wildman–Crippen LogP) is -0.835. The van der Waals surface area contributed by atoms with Gasteiger partial charge in [-0.3, -0.25) is 9.69 Å². The van der Waals surface area contributed by atoms with Crippen LogP contribution in [0.5, 0.6) is 0 Å². The zero-order valence-electron chi connectivity index (χ0n) is 10.9. The van der Waals surface area contributed by atoms with E-state index >= 15 is 0 Å². The van der Waals surface area contributed by atoms with E-state index in [0.717, 1.165) is 26.2 Å². The number of aliphatic hydroxyl groups is 1. The highest BCUT2D eigenvalue weighted by atomic mass is 19.1. The molecular weight excluding hydrogens is 237 g/mol. The lowest BCUT2D eigenvalue weighted by Crippen LogP contribution is -2.50. The highest BCUT2D eigenvalue weighted by Crippen LogP contribution is 2.19. The lowest BCUT2D eigenvalue weighted by molar-refractivity contribution is -0.134. The van der Waals surface area contributed by atoms with Gasteiger partial charge in [-0.2, -0.15) is 0 Å². The zero-order chi connectivity index (χ0) is 13.1. The van der Waals surface area contributed by atoms with Crippen molar-refractivity contribution in [2.75, 3.05) is 52.9 Å². The highest BCUT2D eigenvalue weighted by Gasteiger charge is 2.33. The maximum Gasteiger partial charge on any atom is 0.236 e. The number of alkyl halides is 1. The van der Waals surface area contributed by atoms with Crippen molar-refractivity contribution >= 4 is 5.91 Å². The van der Waals surface area contributed by atoms with Crippen LogP contribution in [0.1, 0.15) is 6.42 Å². The molecule has 5 nitrogen and oxygen atoms in total. The van der Waals surface area contributed by atoms with E-state index in [1.54, 1.807) is 4.90 Å². The topological polar surface area (TPSA) is 47.0 Å². The third-order valence-electron chi connectivity index (χ3n) is 3.88. The van der Waals surface area contributed by atoms with Gasteiger partial charge < -0.3 is 14.9 Å². The van der Waals surface area contributed by atoms with Crippen LogP contribution < -0.4 is 0 Å². The summed E-state index contributed by atoms with van der Waals surface area (Å²) in [6.45, 7) is 3.69. The Morgan fingerprint density at radius 1 is 1.33 bits per heavy atom. The molecular formula is C12H22FN3O2. The van der Waals surface area contributed by atoms with Crippen molar-refractivity contribution in [2.24, 2.45) is 0 Å². The van der Waals surface area contributed by atoms with Gasteiger partial charge in [-0.1, -0.05) is 0 Å². The average molecular weight is 259 g/mol. The molecule has 1 N–H and O–H groups in total. The molecule has 2 saturated heterocycles. The highest BCUT2D eigenvalue weighted by molar-refractivity contribution is 5.78. The fourth-order valence-corrected chi connectivity index (χ4v) is 2.64. The summed E-state index contributed by atoms with van der Waals surface area (Å²) >= 11 is 0. The number of aliphatic hydroxyl groups excluding tert-OH is 1. The second kappa shape index (κ2) is 5.95. The van der Waals surface area contributed by atoms with E-state index in [9.17, 15) is 14.3 Å². The maximum atomic E-state index is 13.3. The number of amides is 1. The van der Waals surface area contributed by atoms with Crippen LogP contribution in [0.3, 0.4) is 0 Å². The molecule has 2 rings (SSSR count). The fourth-order valence-electron chi connectivity index (χ4n) is 2.64. The summed E-state index contributed by atoms with van der Waals surface area (Å²) in [5.74, 6) is 0.0515. The van der Waals surface area contributed by atoms with E-state index in [-0.39, 0.29) is 31.6 Å². The van der Waals surface area contributed by atoms with Gasteiger partial charge in [-0.15, -0.1) is 0 Å². The van der Waals surface area contributed by atoms with Gasteiger partial charge in [0.1, 0.15) is 6.17 Å². The number of hydrogen-bond donors (Lipinski definition) is 1. The van der Waals surface area contributed by atoms with Gasteiger partial charge in [0.25, 0.3) is 0 Å². The van der Waals surface area contributed by atoms with Gasteiger partial charge >= 0.3 is 0 Å². The summed E-state index contributed by atoms with van der Waals surface area (Å²) in [5, 5.41) is 9.17. The van der Waals surface area contributed by atoms with Gasteiger partial charge in [0, 0.05) is 38.8 Å². The Bertz CT molecular complexity index is 295. The minimum absolute atomic E-state index is 0.0515. The lowest BCUT2D eigenvalue weighted by atomic mass is 10.2. The number of likely N-dealkylation sites (N-methyl/N-ethyl adjacent to an activating group) is 1. The molecule has 0 saturated carbocycles. The second-order valence-corrected chi connectivity index (χ2v) is 5.28. The van der Waals surface area contributed by atoms with E-state index in [1.807, 2.05) is 11.9 Å². The van der Waals surface area contributed by atoms with Crippen molar-refractivity contribution in [1.29, 1.82) is 0 Å². The fraction of sp³-hybridized carbons (Fsp3) is 0.917. The van der Waals surface area contributed by atoms with Crippen LogP contribution >= 0.6 is 0 Å². The molecule has 0 unspecified atom stereocenters. The monoisotopic (exact) mass is 259 g/mol. The lowest BCUT2D eigenvalue weighted by Gasteiger charge is -2.34. The van der Waals surface area contributed by atoms with Crippen LogP contribution in [0.2, 0.25) is 0 Å². The van der Waals surface area contributed by atoms with Gasteiger partial charge in [-0.05, 0) is 13.5 Å². The SMILES string of the molecule is CN1CCN(C(=O)CN2C[C@@H](F)C[C@H]2CO)CC1. The van der Waals surface area contributed by atoms with Crippen LogP contribution in [0.15, 0.2) is 0 Å². The number of piperazine rings is 1. The molecule has 0 aromatic heterocycles. The van der Waals surface area contributed by atoms with Crippen molar-refractivity contribution in [1.82, 2.24) is 14.7 Å². The molecule has 6 heteroatoms. The standard InChI is InChI=1S/C12H22FN3O2/c1-14-2-4-15(5-3-14)12(18)8-16-7-10(13)6-11(16)9-17/h10-11,17H,2-9H2,1H3/t10-,11-/m0/s1. The Labute approximate surface area is 107 Å².